The molecule has 0 spiro atoms. The molecule has 6 nitrogen and oxygen atoms in total. The summed E-state index contributed by atoms with van der Waals surface area (Å²) in [5, 5.41) is 18.9. The number of esters is 2. The second-order valence-electron chi connectivity index (χ2n) is 6.90. The van der Waals surface area contributed by atoms with Gasteiger partial charge < -0.3 is 19.7 Å². The Labute approximate surface area is 186 Å². The number of rotatable bonds is 17. The van der Waals surface area contributed by atoms with Gasteiger partial charge in [0.2, 0.25) is 0 Å². The molecule has 0 bridgehead atoms. The Morgan fingerprint density at radius 3 is 2.39 bits per heavy atom. The first-order chi connectivity index (χ1) is 15.0. The first kappa shape index (κ1) is 28.6. The third-order valence-corrected chi connectivity index (χ3v) is 3.96. The van der Waals surface area contributed by atoms with E-state index < -0.39 is 18.2 Å². The summed E-state index contributed by atoms with van der Waals surface area (Å²) in [6.45, 7) is 2.82. The summed E-state index contributed by atoms with van der Waals surface area (Å²) in [6, 6.07) is 0. The number of aliphatic hydroxyl groups is 2. The standard InChI is InChI=1S/C25H38O6/c1-3-4-5-6-11-14-17-23(28)18-15-12-9-7-8-10-13-16-19-25(29)30-21-24(20-26)31-22(2)27/h4-5,8-12,14-15,18,23-24,26,28H,3,6-7,13,16-17,19-21H2,1-2H3/b5-4-,10-8-,12-9-,14-11-,18-15+/t23?,24-/m0/s1. The minimum Gasteiger partial charge on any atom is -0.462 e. The summed E-state index contributed by atoms with van der Waals surface area (Å²) in [4.78, 5) is 22.4. The van der Waals surface area contributed by atoms with Crippen LogP contribution in [0.5, 0.6) is 0 Å². The van der Waals surface area contributed by atoms with Crippen LogP contribution < -0.4 is 0 Å². The highest BCUT2D eigenvalue weighted by Crippen LogP contribution is 2.02. The van der Waals surface area contributed by atoms with Crippen molar-refractivity contribution in [2.24, 2.45) is 0 Å². The van der Waals surface area contributed by atoms with E-state index in [9.17, 15) is 14.7 Å². The number of hydrogen-bond donors (Lipinski definition) is 2. The van der Waals surface area contributed by atoms with Crippen molar-refractivity contribution in [1.82, 2.24) is 0 Å². The second kappa shape index (κ2) is 20.8. The van der Waals surface area contributed by atoms with E-state index >= 15 is 0 Å². The van der Waals surface area contributed by atoms with Crippen LogP contribution in [0.1, 0.15) is 58.8 Å². The number of unbranched alkanes of at least 4 members (excludes halogenated alkanes) is 1. The molecule has 174 valence electrons. The summed E-state index contributed by atoms with van der Waals surface area (Å²) in [7, 11) is 0. The summed E-state index contributed by atoms with van der Waals surface area (Å²) in [5.41, 5.74) is 0. The lowest BCUT2D eigenvalue weighted by Crippen LogP contribution is -2.27. The van der Waals surface area contributed by atoms with Crippen molar-refractivity contribution in [1.29, 1.82) is 0 Å². The second-order valence-corrected chi connectivity index (χ2v) is 6.90. The first-order valence-electron chi connectivity index (χ1n) is 10.9. The molecule has 2 N–H and O–H groups in total. The predicted molar refractivity (Wildman–Crippen MR) is 123 cm³/mol. The average Bonchev–Trinajstić information content (AvgIpc) is 2.74. The molecule has 0 saturated heterocycles. The lowest BCUT2D eigenvalue weighted by atomic mass is 10.2. The zero-order valence-corrected chi connectivity index (χ0v) is 18.8. The number of allylic oxidation sites excluding steroid dienone is 8. The van der Waals surface area contributed by atoms with Crippen LogP contribution in [-0.4, -0.2) is 47.6 Å². The first-order valence-corrected chi connectivity index (χ1v) is 10.9. The van der Waals surface area contributed by atoms with Crippen LogP contribution in [0.15, 0.2) is 60.8 Å². The third kappa shape index (κ3) is 20.6. The van der Waals surface area contributed by atoms with Crippen molar-refractivity contribution in [2.45, 2.75) is 71.0 Å². The van der Waals surface area contributed by atoms with E-state index in [0.29, 0.717) is 12.8 Å². The molecule has 0 aromatic carbocycles. The summed E-state index contributed by atoms with van der Waals surface area (Å²) in [6.07, 6.45) is 23.5. The van der Waals surface area contributed by atoms with Crippen LogP contribution >= 0.6 is 0 Å². The Balaban J connectivity index is 3.79. The topological polar surface area (TPSA) is 93.1 Å². The molecule has 0 fully saturated rings. The van der Waals surface area contributed by atoms with Gasteiger partial charge in [-0.3, -0.25) is 9.59 Å². The van der Waals surface area contributed by atoms with Crippen LogP contribution in [-0.2, 0) is 19.1 Å². The van der Waals surface area contributed by atoms with Gasteiger partial charge in [0.05, 0.1) is 12.7 Å². The van der Waals surface area contributed by atoms with Crippen LogP contribution in [0.2, 0.25) is 0 Å². The lowest BCUT2D eigenvalue weighted by molar-refractivity contribution is -0.159. The van der Waals surface area contributed by atoms with Crippen LogP contribution in [0.3, 0.4) is 0 Å². The predicted octanol–water partition coefficient (Wildman–Crippen LogP) is 4.35. The van der Waals surface area contributed by atoms with Gasteiger partial charge in [0.25, 0.3) is 0 Å². The van der Waals surface area contributed by atoms with E-state index in [4.69, 9.17) is 14.6 Å². The summed E-state index contributed by atoms with van der Waals surface area (Å²) >= 11 is 0. The van der Waals surface area contributed by atoms with Crippen molar-refractivity contribution in [2.75, 3.05) is 13.2 Å². The monoisotopic (exact) mass is 434 g/mol. The largest absolute Gasteiger partial charge is 0.462 e. The number of aliphatic hydroxyl groups excluding tert-OH is 2. The molecule has 0 amide bonds. The smallest absolute Gasteiger partial charge is 0.305 e. The van der Waals surface area contributed by atoms with Crippen molar-refractivity contribution in [3.05, 3.63) is 60.8 Å². The van der Waals surface area contributed by atoms with Gasteiger partial charge in [0.1, 0.15) is 6.61 Å². The average molecular weight is 435 g/mol. The Bertz CT molecular complexity index is 616. The molecular formula is C25H38O6. The number of ether oxygens (including phenoxy) is 2. The van der Waals surface area contributed by atoms with E-state index in [-0.39, 0.29) is 25.6 Å². The summed E-state index contributed by atoms with van der Waals surface area (Å²) < 4.78 is 9.77. The van der Waals surface area contributed by atoms with Crippen LogP contribution in [0.25, 0.3) is 0 Å². The molecule has 0 aromatic rings. The zero-order chi connectivity index (χ0) is 23.2. The van der Waals surface area contributed by atoms with Gasteiger partial charge in [-0.1, -0.05) is 67.7 Å². The van der Waals surface area contributed by atoms with E-state index in [1.807, 2.05) is 36.5 Å². The highest BCUT2D eigenvalue weighted by atomic mass is 16.6. The Hall–Kier alpha value is -2.44. The molecule has 31 heavy (non-hydrogen) atoms. The summed E-state index contributed by atoms with van der Waals surface area (Å²) in [5.74, 6) is -0.904. The molecule has 1 unspecified atom stereocenters. The van der Waals surface area contributed by atoms with Crippen molar-refractivity contribution >= 4 is 11.9 Å². The van der Waals surface area contributed by atoms with E-state index in [1.165, 1.54) is 6.92 Å². The maximum atomic E-state index is 11.6. The Morgan fingerprint density at radius 2 is 1.68 bits per heavy atom. The number of carbonyl (C=O) groups is 2. The fraction of sp³-hybridized carbons (Fsp3) is 0.520. The highest BCUT2D eigenvalue weighted by Gasteiger charge is 2.13. The SMILES string of the molecule is CC/C=C\C/C=C\CC(O)/C=C/C=C\C/C=C\CCCC(=O)OC[C@H](CO)OC(C)=O. The van der Waals surface area contributed by atoms with Crippen molar-refractivity contribution in [3.8, 4) is 0 Å². The highest BCUT2D eigenvalue weighted by molar-refractivity contribution is 5.69. The van der Waals surface area contributed by atoms with Gasteiger partial charge in [-0.25, -0.2) is 0 Å². The van der Waals surface area contributed by atoms with Crippen LogP contribution in [0, 0.1) is 0 Å². The fourth-order valence-electron chi connectivity index (χ4n) is 2.38. The molecule has 0 heterocycles. The molecule has 0 aromatic heterocycles. The van der Waals surface area contributed by atoms with E-state index in [0.717, 1.165) is 25.7 Å². The lowest BCUT2D eigenvalue weighted by Gasteiger charge is -2.14. The molecule has 0 radical (unpaired) electrons. The molecule has 6 heteroatoms. The number of carbonyl (C=O) groups excluding carboxylic acids is 2. The van der Waals surface area contributed by atoms with Gasteiger partial charge in [-0.2, -0.15) is 0 Å². The minimum atomic E-state index is -0.812. The van der Waals surface area contributed by atoms with Crippen molar-refractivity contribution < 1.29 is 29.3 Å². The van der Waals surface area contributed by atoms with Gasteiger partial charge in [-0.15, -0.1) is 0 Å². The molecule has 0 aliphatic carbocycles. The van der Waals surface area contributed by atoms with Crippen molar-refractivity contribution in [3.63, 3.8) is 0 Å². The van der Waals surface area contributed by atoms with Gasteiger partial charge in [0.15, 0.2) is 6.10 Å². The maximum Gasteiger partial charge on any atom is 0.305 e. The normalized spacial score (nSPS) is 14.3. The molecule has 0 aliphatic heterocycles. The third-order valence-electron chi connectivity index (χ3n) is 3.96. The van der Waals surface area contributed by atoms with E-state index in [1.54, 1.807) is 6.08 Å². The zero-order valence-electron chi connectivity index (χ0n) is 18.8. The molecule has 2 atom stereocenters. The van der Waals surface area contributed by atoms with Gasteiger partial charge >= 0.3 is 11.9 Å². The Morgan fingerprint density at radius 1 is 0.968 bits per heavy atom. The van der Waals surface area contributed by atoms with Gasteiger partial charge in [0, 0.05) is 13.3 Å². The molecule has 0 rings (SSSR count). The Kier molecular flexibility index (Phi) is 19.2. The molecule has 0 aliphatic rings. The maximum absolute atomic E-state index is 11.6. The van der Waals surface area contributed by atoms with Gasteiger partial charge in [-0.05, 0) is 38.5 Å². The molecular weight excluding hydrogens is 396 g/mol. The minimum absolute atomic E-state index is 0.135. The number of hydrogen-bond acceptors (Lipinski definition) is 6. The van der Waals surface area contributed by atoms with E-state index in [2.05, 4.69) is 25.2 Å². The van der Waals surface area contributed by atoms with Crippen LogP contribution in [0.4, 0.5) is 0 Å². The quantitative estimate of drug-likeness (QED) is 0.153. The fourth-order valence-corrected chi connectivity index (χ4v) is 2.38. The molecule has 0 saturated carbocycles.